The molecule has 3 N–H and O–H groups in total. The SMILES string of the molecule is CC(C)Cc1ccc(-c2cnc(CCCCCN)[nH]2)cc1. The normalized spacial score (nSPS) is 11.2. The zero-order valence-corrected chi connectivity index (χ0v) is 13.2. The average molecular weight is 285 g/mol. The number of rotatable bonds is 8. The number of unbranched alkanes of at least 4 members (excludes halogenated alkanes) is 2. The quantitative estimate of drug-likeness (QED) is 0.722. The third-order valence-corrected chi connectivity index (χ3v) is 3.66. The fraction of sp³-hybridized carbons (Fsp3) is 0.500. The molecule has 0 unspecified atom stereocenters. The highest BCUT2D eigenvalue weighted by atomic mass is 14.9. The third-order valence-electron chi connectivity index (χ3n) is 3.66. The van der Waals surface area contributed by atoms with Crippen LogP contribution < -0.4 is 5.73 Å². The molecule has 2 rings (SSSR count). The molecule has 3 nitrogen and oxygen atoms in total. The molecule has 0 fully saturated rings. The zero-order chi connectivity index (χ0) is 15.1. The first kappa shape index (κ1) is 15.8. The van der Waals surface area contributed by atoms with Crippen LogP contribution in [0, 0.1) is 5.92 Å². The van der Waals surface area contributed by atoms with Crippen molar-refractivity contribution in [2.75, 3.05) is 6.54 Å². The minimum Gasteiger partial charge on any atom is -0.342 e. The number of H-pyrrole nitrogens is 1. The highest BCUT2D eigenvalue weighted by molar-refractivity contribution is 5.58. The van der Waals surface area contributed by atoms with Crippen LogP contribution in [0.1, 0.15) is 44.5 Å². The minimum absolute atomic E-state index is 0.697. The highest BCUT2D eigenvalue weighted by Gasteiger charge is 2.04. The molecule has 0 aliphatic heterocycles. The van der Waals surface area contributed by atoms with Gasteiger partial charge in [0, 0.05) is 6.42 Å². The van der Waals surface area contributed by atoms with Crippen LogP contribution in [-0.2, 0) is 12.8 Å². The Balaban J connectivity index is 1.94. The summed E-state index contributed by atoms with van der Waals surface area (Å²) in [5.41, 5.74) is 9.23. The lowest BCUT2D eigenvalue weighted by Gasteiger charge is -2.05. The Bertz CT molecular complexity index is 526. The van der Waals surface area contributed by atoms with Crippen molar-refractivity contribution < 1.29 is 0 Å². The van der Waals surface area contributed by atoms with Crippen LogP contribution >= 0.6 is 0 Å². The van der Waals surface area contributed by atoms with Gasteiger partial charge < -0.3 is 10.7 Å². The molecule has 0 saturated heterocycles. The van der Waals surface area contributed by atoms with Gasteiger partial charge in [0.05, 0.1) is 11.9 Å². The number of aromatic amines is 1. The summed E-state index contributed by atoms with van der Waals surface area (Å²) in [6.45, 7) is 5.28. The number of nitrogens with zero attached hydrogens (tertiary/aromatic N) is 1. The summed E-state index contributed by atoms with van der Waals surface area (Å²) in [6, 6.07) is 8.81. The molecule has 3 heteroatoms. The average Bonchev–Trinajstić information content (AvgIpc) is 2.93. The standard InChI is InChI=1S/C18H27N3/c1-14(2)12-15-7-9-16(10-8-15)17-13-20-18(21-17)6-4-3-5-11-19/h7-10,13-14H,3-6,11-12,19H2,1-2H3,(H,20,21). The zero-order valence-electron chi connectivity index (χ0n) is 13.2. The van der Waals surface area contributed by atoms with Crippen LogP contribution in [0.25, 0.3) is 11.3 Å². The molecule has 1 aromatic carbocycles. The largest absolute Gasteiger partial charge is 0.342 e. The van der Waals surface area contributed by atoms with E-state index in [0.717, 1.165) is 43.7 Å². The molecular weight excluding hydrogens is 258 g/mol. The van der Waals surface area contributed by atoms with Crippen LogP contribution in [0.5, 0.6) is 0 Å². The van der Waals surface area contributed by atoms with Crippen LogP contribution in [0.15, 0.2) is 30.5 Å². The molecule has 0 amide bonds. The van der Waals surface area contributed by atoms with Gasteiger partial charge in [-0.25, -0.2) is 4.98 Å². The second-order valence-electron chi connectivity index (χ2n) is 6.14. The van der Waals surface area contributed by atoms with Crippen molar-refractivity contribution in [2.24, 2.45) is 11.7 Å². The predicted octanol–water partition coefficient (Wildman–Crippen LogP) is 3.95. The van der Waals surface area contributed by atoms with Gasteiger partial charge in [0.1, 0.15) is 5.82 Å². The predicted molar refractivity (Wildman–Crippen MR) is 89.2 cm³/mol. The topological polar surface area (TPSA) is 54.7 Å². The van der Waals surface area contributed by atoms with Gasteiger partial charge in [0.15, 0.2) is 0 Å². The fourth-order valence-electron chi connectivity index (χ4n) is 2.54. The summed E-state index contributed by atoms with van der Waals surface area (Å²) >= 11 is 0. The second-order valence-corrected chi connectivity index (χ2v) is 6.14. The van der Waals surface area contributed by atoms with Gasteiger partial charge in [-0.3, -0.25) is 0 Å². The van der Waals surface area contributed by atoms with Gasteiger partial charge in [-0.05, 0) is 42.9 Å². The maximum absolute atomic E-state index is 5.51. The molecule has 2 aromatic rings. The van der Waals surface area contributed by atoms with Gasteiger partial charge in [-0.15, -0.1) is 0 Å². The summed E-state index contributed by atoms with van der Waals surface area (Å²) < 4.78 is 0. The number of imidazole rings is 1. The maximum atomic E-state index is 5.51. The van der Waals surface area contributed by atoms with E-state index in [2.05, 4.69) is 48.1 Å². The van der Waals surface area contributed by atoms with E-state index >= 15 is 0 Å². The molecular formula is C18H27N3. The van der Waals surface area contributed by atoms with Crippen molar-refractivity contribution in [1.82, 2.24) is 9.97 Å². The van der Waals surface area contributed by atoms with E-state index in [-0.39, 0.29) is 0 Å². The summed E-state index contributed by atoms with van der Waals surface area (Å²) in [6.07, 6.45) is 7.51. The minimum atomic E-state index is 0.697. The lowest BCUT2D eigenvalue weighted by molar-refractivity contribution is 0.647. The lowest BCUT2D eigenvalue weighted by Crippen LogP contribution is -1.98. The molecule has 0 spiro atoms. The van der Waals surface area contributed by atoms with Gasteiger partial charge in [0.25, 0.3) is 0 Å². The molecule has 21 heavy (non-hydrogen) atoms. The molecule has 1 aromatic heterocycles. The Morgan fingerprint density at radius 1 is 1.10 bits per heavy atom. The Hall–Kier alpha value is -1.61. The van der Waals surface area contributed by atoms with E-state index in [1.165, 1.54) is 17.5 Å². The third kappa shape index (κ3) is 5.01. The summed E-state index contributed by atoms with van der Waals surface area (Å²) in [7, 11) is 0. The number of aryl methyl sites for hydroxylation is 1. The summed E-state index contributed by atoms with van der Waals surface area (Å²) in [5, 5.41) is 0. The number of nitrogens with two attached hydrogens (primary N) is 1. The van der Waals surface area contributed by atoms with E-state index in [4.69, 9.17) is 5.73 Å². The first-order chi connectivity index (χ1) is 10.2. The maximum Gasteiger partial charge on any atom is 0.106 e. The summed E-state index contributed by atoms with van der Waals surface area (Å²) in [5.74, 6) is 1.77. The van der Waals surface area contributed by atoms with Crippen molar-refractivity contribution in [3.8, 4) is 11.3 Å². The lowest BCUT2D eigenvalue weighted by atomic mass is 10.0. The first-order valence-corrected chi connectivity index (χ1v) is 8.02. The van der Waals surface area contributed by atoms with Crippen LogP contribution in [0.3, 0.4) is 0 Å². The van der Waals surface area contributed by atoms with Crippen molar-refractivity contribution in [3.63, 3.8) is 0 Å². The molecule has 0 radical (unpaired) electrons. The number of benzene rings is 1. The van der Waals surface area contributed by atoms with Crippen LogP contribution in [0.2, 0.25) is 0 Å². The fourth-order valence-corrected chi connectivity index (χ4v) is 2.54. The van der Waals surface area contributed by atoms with Gasteiger partial charge in [-0.1, -0.05) is 44.5 Å². The Labute approximate surface area is 128 Å². The smallest absolute Gasteiger partial charge is 0.106 e. The molecule has 114 valence electrons. The van der Waals surface area contributed by atoms with E-state index in [1.807, 2.05) is 6.20 Å². The Morgan fingerprint density at radius 3 is 2.52 bits per heavy atom. The number of nitrogens with one attached hydrogen (secondary N) is 1. The first-order valence-electron chi connectivity index (χ1n) is 8.02. The Morgan fingerprint density at radius 2 is 1.86 bits per heavy atom. The molecule has 0 bridgehead atoms. The van der Waals surface area contributed by atoms with E-state index in [1.54, 1.807) is 0 Å². The second kappa shape index (κ2) is 7.99. The van der Waals surface area contributed by atoms with Crippen LogP contribution in [-0.4, -0.2) is 16.5 Å². The van der Waals surface area contributed by atoms with E-state index < -0.39 is 0 Å². The van der Waals surface area contributed by atoms with Gasteiger partial charge >= 0.3 is 0 Å². The highest BCUT2D eigenvalue weighted by Crippen LogP contribution is 2.19. The van der Waals surface area contributed by atoms with Crippen molar-refractivity contribution in [1.29, 1.82) is 0 Å². The van der Waals surface area contributed by atoms with Crippen molar-refractivity contribution in [3.05, 3.63) is 41.9 Å². The van der Waals surface area contributed by atoms with Crippen molar-refractivity contribution in [2.45, 2.75) is 46.0 Å². The number of aromatic nitrogens is 2. The number of hydrogen-bond donors (Lipinski definition) is 2. The molecule has 1 heterocycles. The Kier molecular flexibility index (Phi) is 6.00. The monoisotopic (exact) mass is 285 g/mol. The molecule has 0 aliphatic rings. The van der Waals surface area contributed by atoms with Crippen LogP contribution in [0.4, 0.5) is 0 Å². The van der Waals surface area contributed by atoms with E-state index in [9.17, 15) is 0 Å². The molecule has 0 saturated carbocycles. The van der Waals surface area contributed by atoms with Gasteiger partial charge in [0.2, 0.25) is 0 Å². The van der Waals surface area contributed by atoms with Crippen molar-refractivity contribution >= 4 is 0 Å². The number of hydrogen-bond acceptors (Lipinski definition) is 2. The van der Waals surface area contributed by atoms with Gasteiger partial charge in [-0.2, -0.15) is 0 Å². The molecule has 0 atom stereocenters. The molecule has 0 aliphatic carbocycles. The van der Waals surface area contributed by atoms with E-state index in [0.29, 0.717) is 5.92 Å². The summed E-state index contributed by atoms with van der Waals surface area (Å²) in [4.78, 5) is 7.90.